The molecule has 6 rings (SSSR count). The molecule has 2 aliphatic heterocycles. The highest BCUT2D eigenvalue weighted by atomic mass is 16.7. The standard InChI is InChI=1S/C29H44O5/c1-16-8-11-29(32-15-16)17(2)26-24(34-29)13-23-21-7-6-19-12-20(33-18(3)30)9-10-27(19,4)22(21)14-25(31)28(23,26)5/h16-17,19-24,26H,6-15H2,1-5H3/t16-,17+,19+,20+,21-,22+,23+,24-,26+,27+,28-,29-/m1/s1. The van der Waals surface area contributed by atoms with Crippen molar-refractivity contribution < 1.29 is 23.8 Å². The van der Waals surface area contributed by atoms with Crippen LogP contribution < -0.4 is 0 Å². The van der Waals surface area contributed by atoms with Crippen LogP contribution in [0.25, 0.3) is 0 Å². The third-order valence-electron chi connectivity index (χ3n) is 12.1. The minimum absolute atomic E-state index is 0.0613. The lowest BCUT2D eigenvalue weighted by atomic mass is 9.44. The van der Waals surface area contributed by atoms with Gasteiger partial charge in [0.05, 0.1) is 12.7 Å². The van der Waals surface area contributed by atoms with Gasteiger partial charge in [-0.3, -0.25) is 9.59 Å². The predicted molar refractivity (Wildman–Crippen MR) is 128 cm³/mol. The van der Waals surface area contributed by atoms with E-state index in [1.165, 1.54) is 19.8 Å². The van der Waals surface area contributed by atoms with E-state index in [4.69, 9.17) is 14.2 Å². The number of ether oxygens (including phenoxy) is 3. The molecule has 2 heterocycles. The Morgan fingerprint density at radius 1 is 1.03 bits per heavy atom. The monoisotopic (exact) mass is 472 g/mol. The summed E-state index contributed by atoms with van der Waals surface area (Å²) >= 11 is 0. The first-order valence-electron chi connectivity index (χ1n) is 14.1. The van der Waals surface area contributed by atoms with E-state index in [2.05, 4.69) is 27.7 Å². The van der Waals surface area contributed by atoms with Gasteiger partial charge in [0.1, 0.15) is 11.9 Å². The zero-order chi connectivity index (χ0) is 24.0. The summed E-state index contributed by atoms with van der Waals surface area (Å²) in [6, 6.07) is 0. The van der Waals surface area contributed by atoms with Gasteiger partial charge in [-0.2, -0.15) is 0 Å². The molecule has 0 N–H and O–H groups in total. The highest BCUT2D eigenvalue weighted by Crippen LogP contribution is 2.70. The number of hydrogen-bond acceptors (Lipinski definition) is 5. The van der Waals surface area contributed by atoms with Crippen molar-refractivity contribution in [1.82, 2.24) is 0 Å². The van der Waals surface area contributed by atoms with Crippen LogP contribution in [0.4, 0.5) is 0 Å². The third kappa shape index (κ3) is 3.11. The first-order valence-corrected chi connectivity index (χ1v) is 14.1. The van der Waals surface area contributed by atoms with Gasteiger partial charge in [-0.25, -0.2) is 0 Å². The van der Waals surface area contributed by atoms with Crippen molar-refractivity contribution in [3.05, 3.63) is 0 Å². The highest BCUT2D eigenvalue weighted by molar-refractivity contribution is 5.87. The molecule has 0 bridgehead atoms. The number of ketones is 1. The average Bonchev–Trinajstić information content (AvgIpc) is 3.23. The fourth-order valence-corrected chi connectivity index (χ4v) is 10.3. The molecule has 6 aliphatic rings. The maximum absolute atomic E-state index is 14.1. The summed E-state index contributed by atoms with van der Waals surface area (Å²) in [5.41, 5.74) is -0.0934. The Hall–Kier alpha value is -0.940. The third-order valence-corrected chi connectivity index (χ3v) is 12.1. The van der Waals surface area contributed by atoms with E-state index in [-0.39, 0.29) is 40.8 Å². The topological polar surface area (TPSA) is 61.8 Å². The maximum Gasteiger partial charge on any atom is 0.302 e. The van der Waals surface area contributed by atoms with Crippen LogP contribution in [0.3, 0.4) is 0 Å². The molecule has 6 fully saturated rings. The molecule has 0 aromatic rings. The minimum atomic E-state index is -0.467. The molecule has 2 saturated heterocycles. The second kappa shape index (κ2) is 7.78. The fraction of sp³-hybridized carbons (Fsp3) is 0.931. The Morgan fingerprint density at radius 3 is 2.53 bits per heavy atom. The summed E-state index contributed by atoms with van der Waals surface area (Å²) in [5, 5.41) is 0. The molecule has 12 atom stereocenters. The van der Waals surface area contributed by atoms with Crippen LogP contribution in [0.5, 0.6) is 0 Å². The van der Waals surface area contributed by atoms with Crippen LogP contribution in [0, 0.1) is 52.3 Å². The summed E-state index contributed by atoms with van der Waals surface area (Å²) in [5.74, 6) is 3.07. The molecule has 190 valence electrons. The predicted octanol–water partition coefficient (Wildman–Crippen LogP) is 5.54. The second-order valence-electron chi connectivity index (χ2n) is 13.5. The van der Waals surface area contributed by atoms with Crippen LogP contribution >= 0.6 is 0 Å². The number of fused-ring (bicyclic) bond motifs is 7. The molecule has 0 unspecified atom stereocenters. The largest absolute Gasteiger partial charge is 0.463 e. The number of rotatable bonds is 1. The first-order chi connectivity index (χ1) is 16.1. The Kier molecular flexibility index (Phi) is 5.37. The van der Waals surface area contributed by atoms with E-state index in [9.17, 15) is 9.59 Å². The van der Waals surface area contributed by atoms with Crippen molar-refractivity contribution in [1.29, 1.82) is 0 Å². The molecule has 5 nitrogen and oxygen atoms in total. The number of carbonyl (C=O) groups excluding carboxylic acids is 2. The fourth-order valence-electron chi connectivity index (χ4n) is 10.3. The van der Waals surface area contributed by atoms with Crippen LogP contribution in [-0.2, 0) is 23.8 Å². The Labute approximate surface area is 205 Å². The summed E-state index contributed by atoms with van der Waals surface area (Å²) in [7, 11) is 0. The van der Waals surface area contributed by atoms with Gasteiger partial charge in [-0.15, -0.1) is 0 Å². The van der Waals surface area contributed by atoms with Crippen molar-refractivity contribution in [3.63, 3.8) is 0 Å². The average molecular weight is 473 g/mol. The van der Waals surface area contributed by atoms with Crippen LogP contribution in [0.2, 0.25) is 0 Å². The first kappa shape index (κ1) is 23.5. The molecule has 0 aromatic carbocycles. The van der Waals surface area contributed by atoms with E-state index in [0.717, 1.165) is 51.6 Å². The zero-order valence-corrected chi connectivity index (χ0v) is 21.8. The Bertz CT molecular complexity index is 861. The SMILES string of the molecule is CC(=O)O[C@H]1CC[C@@]2(C)[C@@H](CC[C@@H]3[C@@H]2CC(=O)[C@]2(C)[C@@H]4[C@@H](C[C@@H]32)O[C@]2(CC[C@@H](C)CO2)[C@H]4C)C1. The highest BCUT2D eigenvalue weighted by Gasteiger charge is 2.71. The van der Waals surface area contributed by atoms with Crippen LogP contribution in [0.15, 0.2) is 0 Å². The normalized spacial score (nSPS) is 56.4. The van der Waals surface area contributed by atoms with Gasteiger partial charge in [-0.1, -0.05) is 27.7 Å². The molecule has 34 heavy (non-hydrogen) atoms. The molecule has 0 amide bonds. The van der Waals surface area contributed by atoms with Crippen LogP contribution in [0.1, 0.15) is 92.4 Å². The summed E-state index contributed by atoms with van der Waals surface area (Å²) in [4.78, 5) is 25.7. The molecular formula is C29H44O5. The van der Waals surface area contributed by atoms with Crippen molar-refractivity contribution in [2.75, 3.05) is 6.61 Å². The summed E-state index contributed by atoms with van der Waals surface area (Å²) in [6.45, 7) is 11.6. The number of carbonyl (C=O) groups is 2. The lowest BCUT2D eigenvalue weighted by molar-refractivity contribution is -0.272. The molecule has 1 spiro atoms. The van der Waals surface area contributed by atoms with E-state index in [1.54, 1.807) is 0 Å². The quantitative estimate of drug-likeness (QED) is 0.469. The van der Waals surface area contributed by atoms with Crippen LogP contribution in [-0.4, -0.2) is 36.4 Å². The molecule has 5 heteroatoms. The molecule has 0 radical (unpaired) electrons. The lowest BCUT2D eigenvalue weighted by Crippen LogP contribution is -2.58. The van der Waals surface area contributed by atoms with E-state index < -0.39 is 5.79 Å². The Morgan fingerprint density at radius 2 is 1.82 bits per heavy atom. The maximum atomic E-state index is 14.1. The van der Waals surface area contributed by atoms with Crippen molar-refractivity contribution in [2.45, 2.75) is 110 Å². The molecular weight excluding hydrogens is 428 g/mol. The van der Waals surface area contributed by atoms with Gasteiger partial charge in [0.15, 0.2) is 5.79 Å². The zero-order valence-electron chi connectivity index (χ0n) is 21.8. The van der Waals surface area contributed by atoms with Gasteiger partial charge in [0.2, 0.25) is 0 Å². The van der Waals surface area contributed by atoms with E-state index in [0.29, 0.717) is 35.4 Å². The van der Waals surface area contributed by atoms with Gasteiger partial charge >= 0.3 is 5.97 Å². The smallest absolute Gasteiger partial charge is 0.302 e. The van der Waals surface area contributed by atoms with Crippen molar-refractivity contribution in [3.8, 4) is 0 Å². The number of Topliss-reactive ketones (excluding diaryl/α,β-unsaturated/α-hetero) is 1. The number of hydrogen-bond donors (Lipinski definition) is 0. The van der Waals surface area contributed by atoms with E-state index in [1.807, 2.05) is 0 Å². The van der Waals surface area contributed by atoms with Gasteiger partial charge in [-0.05, 0) is 80.0 Å². The van der Waals surface area contributed by atoms with Gasteiger partial charge in [0.25, 0.3) is 0 Å². The summed E-state index contributed by atoms with van der Waals surface area (Å²) < 4.78 is 18.8. The molecule has 4 aliphatic carbocycles. The summed E-state index contributed by atoms with van der Waals surface area (Å²) in [6.07, 6.45) is 9.47. The van der Waals surface area contributed by atoms with Gasteiger partial charge in [0, 0.05) is 37.0 Å². The van der Waals surface area contributed by atoms with Crippen molar-refractivity contribution >= 4 is 11.8 Å². The van der Waals surface area contributed by atoms with Gasteiger partial charge < -0.3 is 14.2 Å². The lowest BCUT2D eigenvalue weighted by Gasteiger charge is -2.60. The Balaban J connectivity index is 1.25. The minimum Gasteiger partial charge on any atom is -0.463 e. The second-order valence-corrected chi connectivity index (χ2v) is 13.5. The molecule has 4 saturated carbocycles. The van der Waals surface area contributed by atoms with Crippen molar-refractivity contribution in [2.24, 2.45) is 52.3 Å². The number of esters is 1. The molecule has 0 aromatic heterocycles. The van der Waals surface area contributed by atoms with E-state index >= 15 is 0 Å².